The van der Waals surface area contributed by atoms with E-state index in [0.717, 1.165) is 6.42 Å². The van der Waals surface area contributed by atoms with E-state index in [0.29, 0.717) is 0 Å². The molecule has 1 aliphatic carbocycles. The van der Waals surface area contributed by atoms with Gasteiger partial charge in [-0.1, -0.05) is 13.8 Å². The maximum Gasteiger partial charge on any atom is 0.241 e. The third-order valence-corrected chi connectivity index (χ3v) is 4.71. The summed E-state index contributed by atoms with van der Waals surface area (Å²) in [6.07, 6.45) is 0.795. The van der Waals surface area contributed by atoms with Crippen LogP contribution in [0.2, 0.25) is 0 Å². The predicted octanol–water partition coefficient (Wildman–Crippen LogP) is -0.277. The standard InChI is InChI=1S/C13H25N3O3/c1-12(2)9(6-13(12,3)19-5)16(4)11(18)8-15-10(17)7-14/h9H,6-8,14H2,1-5H3,(H,15,17). The number of rotatable bonds is 5. The van der Waals surface area contributed by atoms with Crippen LogP contribution in [0.4, 0.5) is 0 Å². The molecule has 0 aromatic carbocycles. The average molecular weight is 271 g/mol. The van der Waals surface area contributed by atoms with E-state index in [9.17, 15) is 9.59 Å². The van der Waals surface area contributed by atoms with Crippen molar-refractivity contribution in [1.82, 2.24) is 10.2 Å². The molecular formula is C13H25N3O3. The van der Waals surface area contributed by atoms with Crippen LogP contribution in [-0.4, -0.2) is 55.6 Å². The van der Waals surface area contributed by atoms with E-state index in [-0.39, 0.29) is 42.0 Å². The first-order chi connectivity index (χ1) is 8.69. The average Bonchev–Trinajstić information content (AvgIpc) is 2.40. The fourth-order valence-electron chi connectivity index (χ4n) is 2.62. The zero-order valence-electron chi connectivity index (χ0n) is 12.4. The van der Waals surface area contributed by atoms with Crippen molar-refractivity contribution in [1.29, 1.82) is 0 Å². The molecule has 2 amide bonds. The lowest BCUT2D eigenvalue weighted by atomic mass is 9.55. The van der Waals surface area contributed by atoms with Gasteiger partial charge in [-0.05, 0) is 13.3 Å². The monoisotopic (exact) mass is 271 g/mol. The highest BCUT2D eigenvalue weighted by molar-refractivity contribution is 5.85. The summed E-state index contributed by atoms with van der Waals surface area (Å²) in [6, 6.07) is 0.111. The van der Waals surface area contributed by atoms with E-state index in [4.69, 9.17) is 10.5 Å². The van der Waals surface area contributed by atoms with Gasteiger partial charge in [-0.2, -0.15) is 0 Å². The number of nitrogens with one attached hydrogen (secondary N) is 1. The second kappa shape index (κ2) is 5.46. The van der Waals surface area contributed by atoms with Gasteiger partial charge in [0.2, 0.25) is 11.8 Å². The Bertz CT molecular complexity index is 370. The highest BCUT2D eigenvalue weighted by atomic mass is 16.5. The number of hydrogen-bond acceptors (Lipinski definition) is 4. The summed E-state index contributed by atoms with van der Waals surface area (Å²) >= 11 is 0. The minimum Gasteiger partial charge on any atom is -0.378 e. The van der Waals surface area contributed by atoms with Gasteiger partial charge in [0.15, 0.2) is 0 Å². The molecule has 0 saturated heterocycles. The first kappa shape index (κ1) is 15.9. The number of methoxy groups -OCH3 is 1. The van der Waals surface area contributed by atoms with Crippen LogP contribution in [0.25, 0.3) is 0 Å². The molecule has 2 unspecified atom stereocenters. The number of likely N-dealkylation sites (N-methyl/N-ethyl adjacent to an activating group) is 1. The van der Waals surface area contributed by atoms with E-state index in [1.165, 1.54) is 0 Å². The first-order valence-electron chi connectivity index (χ1n) is 6.47. The van der Waals surface area contributed by atoms with Crippen molar-refractivity contribution in [3.05, 3.63) is 0 Å². The maximum atomic E-state index is 12.0. The van der Waals surface area contributed by atoms with E-state index >= 15 is 0 Å². The Morgan fingerprint density at radius 2 is 2.00 bits per heavy atom. The van der Waals surface area contributed by atoms with Crippen molar-refractivity contribution < 1.29 is 14.3 Å². The van der Waals surface area contributed by atoms with E-state index in [2.05, 4.69) is 26.1 Å². The molecule has 1 aliphatic rings. The molecule has 0 spiro atoms. The highest BCUT2D eigenvalue weighted by Crippen LogP contribution is 2.53. The Balaban J connectivity index is 2.58. The molecule has 0 aromatic heterocycles. The van der Waals surface area contributed by atoms with E-state index in [1.54, 1.807) is 19.1 Å². The third-order valence-electron chi connectivity index (χ3n) is 4.71. The van der Waals surface area contributed by atoms with Crippen LogP contribution in [0.3, 0.4) is 0 Å². The number of nitrogens with two attached hydrogens (primary N) is 1. The molecule has 2 atom stereocenters. The van der Waals surface area contributed by atoms with Gasteiger partial charge in [-0.15, -0.1) is 0 Å². The lowest BCUT2D eigenvalue weighted by Crippen LogP contribution is -2.69. The van der Waals surface area contributed by atoms with Crippen molar-refractivity contribution >= 4 is 11.8 Å². The number of amides is 2. The molecule has 3 N–H and O–H groups in total. The number of ether oxygens (including phenoxy) is 1. The Morgan fingerprint density at radius 1 is 1.42 bits per heavy atom. The molecule has 1 saturated carbocycles. The number of nitrogens with zero attached hydrogens (tertiary/aromatic N) is 1. The molecule has 6 heteroatoms. The van der Waals surface area contributed by atoms with Crippen molar-refractivity contribution in [2.45, 2.75) is 38.8 Å². The summed E-state index contributed by atoms with van der Waals surface area (Å²) < 4.78 is 5.54. The van der Waals surface area contributed by atoms with Gasteiger partial charge in [0.05, 0.1) is 18.7 Å². The first-order valence-corrected chi connectivity index (χ1v) is 6.47. The van der Waals surface area contributed by atoms with Crippen LogP contribution in [0, 0.1) is 5.41 Å². The van der Waals surface area contributed by atoms with Crippen LogP contribution in [0.5, 0.6) is 0 Å². The van der Waals surface area contributed by atoms with Crippen molar-refractivity contribution in [2.24, 2.45) is 11.1 Å². The van der Waals surface area contributed by atoms with Crippen molar-refractivity contribution in [3.63, 3.8) is 0 Å². The van der Waals surface area contributed by atoms with Crippen molar-refractivity contribution in [2.75, 3.05) is 27.2 Å². The summed E-state index contributed by atoms with van der Waals surface area (Å²) in [7, 11) is 3.46. The van der Waals surface area contributed by atoms with Gasteiger partial charge in [-0.3, -0.25) is 9.59 Å². The zero-order chi connectivity index (χ0) is 14.8. The summed E-state index contributed by atoms with van der Waals surface area (Å²) in [6.45, 7) is 6.12. The molecule has 1 fully saturated rings. The fraction of sp³-hybridized carbons (Fsp3) is 0.846. The molecule has 1 rings (SSSR count). The number of carbonyl (C=O) groups excluding carboxylic acids is 2. The molecule has 6 nitrogen and oxygen atoms in total. The van der Waals surface area contributed by atoms with E-state index < -0.39 is 0 Å². The molecule has 110 valence electrons. The third kappa shape index (κ3) is 2.74. The second-order valence-corrected chi connectivity index (χ2v) is 5.86. The smallest absolute Gasteiger partial charge is 0.241 e. The lowest BCUT2D eigenvalue weighted by molar-refractivity contribution is -0.207. The molecule has 0 radical (unpaired) electrons. The molecule has 0 aromatic rings. The Labute approximate surface area is 114 Å². The minimum absolute atomic E-state index is 0.0111. The predicted molar refractivity (Wildman–Crippen MR) is 72.4 cm³/mol. The zero-order valence-corrected chi connectivity index (χ0v) is 12.4. The summed E-state index contributed by atoms with van der Waals surface area (Å²) in [5.41, 5.74) is 4.84. The van der Waals surface area contributed by atoms with Crippen LogP contribution >= 0.6 is 0 Å². The fourth-order valence-corrected chi connectivity index (χ4v) is 2.62. The SMILES string of the molecule is COC1(C)CC(N(C)C(=O)CNC(=O)CN)C1(C)C. The van der Waals surface area contributed by atoms with Gasteiger partial charge in [0.25, 0.3) is 0 Å². The quantitative estimate of drug-likeness (QED) is 0.720. The largest absolute Gasteiger partial charge is 0.378 e. The second-order valence-electron chi connectivity index (χ2n) is 5.86. The Hall–Kier alpha value is -1.14. The molecular weight excluding hydrogens is 246 g/mol. The summed E-state index contributed by atoms with van der Waals surface area (Å²) in [5, 5.41) is 2.49. The Kier molecular flexibility index (Phi) is 4.58. The van der Waals surface area contributed by atoms with Crippen LogP contribution in [0.1, 0.15) is 27.2 Å². The van der Waals surface area contributed by atoms with Gasteiger partial charge in [0, 0.05) is 25.6 Å². The molecule has 19 heavy (non-hydrogen) atoms. The van der Waals surface area contributed by atoms with Crippen LogP contribution < -0.4 is 11.1 Å². The summed E-state index contributed by atoms with van der Waals surface area (Å²) in [4.78, 5) is 24.7. The van der Waals surface area contributed by atoms with Crippen LogP contribution in [0.15, 0.2) is 0 Å². The van der Waals surface area contributed by atoms with Gasteiger partial charge in [-0.25, -0.2) is 0 Å². The van der Waals surface area contributed by atoms with Crippen molar-refractivity contribution in [3.8, 4) is 0 Å². The topological polar surface area (TPSA) is 84.7 Å². The Morgan fingerprint density at radius 3 is 2.42 bits per heavy atom. The van der Waals surface area contributed by atoms with Gasteiger partial charge < -0.3 is 20.7 Å². The molecule has 0 aliphatic heterocycles. The van der Waals surface area contributed by atoms with Crippen LogP contribution in [-0.2, 0) is 14.3 Å². The number of carbonyl (C=O) groups is 2. The normalized spacial score (nSPS) is 28.4. The summed E-state index contributed by atoms with van der Waals surface area (Å²) in [5.74, 6) is -0.436. The highest BCUT2D eigenvalue weighted by Gasteiger charge is 2.59. The molecule has 0 heterocycles. The molecule has 0 bridgehead atoms. The van der Waals surface area contributed by atoms with Gasteiger partial charge in [0.1, 0.15) is 0 Å². The van der Waals surface area contributed by atoms with E-state index in [1.807, 2.05) is 0 Å². The lowest BCUT2D eigenvalue weighted by Gasteiger charge is -2.61. The van der Waals surface area contributed by atoms with Gasteiger partial charge >= 0.3 is 0 Å². The maximum absolute atomic E-state index is 12.0. The number of hydrogen-bond donors (Lipinski definition) is 2. The minimum atomic E-state index is -0.323.